The molecule has 0 aliphatic carbocycles. The van der Waals surface area contributed by atoms with E-state index in [1.807, 2.05) is 0 Å². The maximum Gasteiger partial charge on any atom is 0.244 e. The zero-order valence-corrected chi connectivity index (χ0v) is 10.5. The van der Waals surface area contributed by atoms with Gasteiger partial charge in [-0.05, 0) is 12.1 Å². The maximum absolute atomic E-state index is 12.0. The molecule has 0 spiro atoms. The number of aliphatic hydroxyl groups excluding tert-OH is 2. The highest BCUT2D eigenvalue weighted by Gasteiger charge is 2.23. The predicted octanol–water partition coefficient (Wildman–Crippen LogP) is -0.290. The molecule has 1 aromatic rings. The van der Waals surface area contributed by atoms with Crippen molar-refractivity contribution in [3.63, 3.8) is 0 Å². The standard InChI is InChI=1S/C9H13ClN2O4S/c10-9-2-1-8(7-11-9)17(15,16)12(3-5-13)4-6-14/h1-2,7,13-14H,3-6H2. The molecule has 1 heterocycles. The molecule has 0 bridgehead atoms. The van der Waals surface area contributed by atoms with Crippen molar-refractivity contribution < 1.29 is 18.6 Å². The number of hydrogen-bond donors (Lipinski definition) is 2. The van der Waals surface area contributed by atoms with Crippen LogP contribution in [-0.4, -0.2) is 54.2 Å². The van der Waals surface area contributed by atoms with Crippen molar-refractivity contribution in [2.45, 2.75) is 4.90 Å². The van der Waals surface area contributed by atoms with Gasteiger partial charge in [0.15, 0.2) is 0 Å². The molecule has 0 saturated heterocycles. The van der Waals surface area contributed by atoms with Gasteiger partial charge in [-0.2, -0.15) is 4.31 Å². The van der Waals surface area contributed by atoms with Crippen molar-refractivity contribution in [2.24, 2.45) is 0 Å². The number of aromatic nitrogens is 1. The fourth-order valence-corrected chi connectivity index (χ4v) is 2.72. The van der Waals surface area contributed by atoms with Crippen LogP contribution in [0.5, 0.6) is 0 Å². The van der Waals surface area contributed by atoms with E-state index in [4.69, 9.17) is 21.8 Å². The van der Waals surface area contributed by atoms with Gasteiger partial charge in [-0.3, -0.25) is 0 Å². The third-order valence-corrected chi connectivity index (χ3v) is 4.14. The number of aliphatic hydroxyl groups is 2. The molecular weight excluding hydrogens is 268 g/mol. The minimum absolute atomic E-state index is 0.0243. The Labute approximate surface area is 105 Å². The number of rotatable bonds is 6. The Morgan fingerprint density at radius 2 is 1.82 bits per heavy atom. The van der Waals surface area contributed by atoms with E-state index in [1.54, 1.807) is 0 Å². The van der Waals surface area contributed by atoms with Crippen molar-refractivity contribution in [1.29, 1.82) is 0 Å². The molecule has 0 radical (unpaired) electrons. The molecule has 1 aromatic heterocycles. The van der Waals surface area contributed by atoms with E-state index in [0.717, 1.165) is 10.5 Å². The largest absolute Gasteiger partial charge is 0.395 e. The first-order chi connectivity index (χ1) is 8.02. The van der Waals surface area contributed by atoms with Gasteiger partial charge in [-0.15, -0.1) is 0 Å². The molecule has 6 nitrogen and oxygen atoms in total. The first kappa shape index (κ1) is 14.3. The summed E-state index contributed by atoms with van der Waals surface area (Å²) in [5.41, 5.74) is 0. The summed E-state index contributed by atoms with van der Waals surface area (Å²) in [6.07, 6.45) is 1.14. The molecule has 2 N–H and O–H groups in total. The van der Waals surface area contributed by atoms with Gasteiger partial charge < -0.3 is 10.2 Å². The summed E-state index contributed by atoms with van der Waals surface area (Å²) in [4.78, 5) is 3.66. The molecule has 8 heteroatoms. The summed E-state index contributed by atoms with van der Waals surface area (Å²) < 4.78 is 25.1. The summed E-state index contributed by atoms with van der Waals surface area (Å²) in [6, 6.07) is 2.69. The van der Waals surface area contributed by atoms with E-state index in [2.05, 4.69) is 4.98 Å². The lowest BCUT2D eigenvalue weighted by Crippen LogP contribution is -2.35. The van der Waals surface area contributed by atoms with Gasteiger partial charge in [0.05, 0.1) is 13.2 Å². The average molecular weight is 281 g/mol. The van der Waals surface area contributed by atoms with Gasteiger partial charge in [0.2, 0.25) is 10.0 Å². The van der Waals surface area contributed by atoms with Crippen molar-refractivity contribution in [3.05, 3.63) is 23.5 Å². The van der Waals surface area contributed by atoms with Crippen LogP contribution in [0, 0.1) is 0 Å². The van der Waals surface area contributed by atoms with Crippen LogP contribution in [0.1, 0.15) is 0 Å². The fraction of sp³-hybridized carbons (Fsp3) is 0.444. The third kappa shape index (κ3) is 3.62. The molecule has 0 atom stereocenters. The van der Waals surface area contributed by atoms with Crippen molar-refractivity contribution in [1.82, 2.24) is 9.29 Å². The average Bonchev–Trinajstić information content (AvgIpc) is 2.29. The Bertz CT molecular complexity index is 443. The predicted molar refractivity (Wildman–Crippen MR) is 62.2 cm³/mol. The van der Waals surface area contributed by atoms with Crippen LogP contribution in [0.25, 0.3) is 0 Å². The fourth-order valence-electron chi connectivity index (χ4n) is 1.24. The van der Waals surface area contributed by atoms with Crippen LogP contribution in [0.2, 0.25) is 5.15 Å². The minimum Gasteiger partial charge on any atom is -0.395 e. The Kier molecular flexibility index (Phi) is 5.29. The normalized spacial score (nSPS) is 12.0. The summed E-state index contributed by atoms with van der Waals surface area (Å²) in [5.74, 6) is 0. The highest BCUT2D eigenvalue weighted by atomic mass is 35.5. The highest BCUT2D eigenvalue weighted by Crippen LogP contribution is 2.15. The number of hydrogen-bond acceptors (Lipinski definition) is 5. The van der Waals surface area contributed by atoms with Crippen LogP contribution in [0.4, 0.5) is 0 Å². The van der Waals surface area contributed by atoms with E-state index >= 15 is 0 Å². The molecule has 0 saturated carbocycles. The highest BCUT2D eigenvalue weighted by molar-refractivity contribution is 7.89. The SMILES string of the molecule is O=S(=O)(c1ccc(Cl)nc1)N(CCO)CCO. The number of pyridine rings is 1. The van der Waals surface area contributed by atoms with E-state index in [1.165, 1.54) is 12.1 Å². The quantitative estimate of drug-likeness (QED) is 0.699. The van der Waals surface area contributed by atoms with Crippen LogP contribution in [-0.2, 0) is 10.0 Å². The van der Waals surface area contributed by atoms with Gasteiger partial charge >= 0.3 is 0 Å². The van der Waals surface area contributed by atoms with Crippen molar-refractivity contribution >= 4 is 21.6 Å². The van der Waals surface area contributed by atoms with E-state index in [0.29, 0.717) is 0 Å². The Morgan fingerprint density at radius 3 is 2.24 bits per heavy atom. The van der Waals surface area contributed by atoms with E-state index in [-0.39, 0.29) is 36.4 Å². The molecule has 17 heavy (non-hydrogen) atoms. The molecule has 0 amide bonds. The molecule has 0 unspecified atom stereocenters. The second-order valence-corrected chi connectivity index (χ2v) is 5.49. The molecular formula is C9H13ClN2O4S. The Hall–Kier alpha value is -0.730. The maximum atomic E-state index is 12.0. The van der Waals surface area contributed by atoms with Gasteiger partial charge in [-0.1, -0.05) is 11.6 Å². The van der Waals surface area contributed by atoms with Crippen molar-refractivity contribution in [2.75, 3.05) is 26.3 Å². The Morgan fingerprint density at radius 1 is 1.24 bits per heavy atom. The van der Waals surface area contributed by atoms with E-state index < -0.39 is 10.0 Å². The molecule has 96 valence electrons. The zero-order chi connectivity index (χ0) is 12.9. The van der Waals surface area contributed by atoms with Crippen LogP contribution in [0.15, 0.2) is 23.2 Å². The minimum atomic E-state index is -3.75. The van der Waals surface area contributed by atoms with Crippen molar-refractivity contribution in [3.8, 4) is 0 Å². The summed E-state index contributed by atoms with van der Waals surface area (Å²) in [7, 11) is -3.75. The van der Waals surface area contributed by atoms with Gasteiger partial charge in [-0.25, -0.2) is 13.4 Å². The first-order valence-corrected chi connectivity index (χ1v) is 6.67. The van der Waals surface area contributed by atoms with Crippen LogP contribution >= 0.6 is 11.6 Å². The zero-order valence-electron chi connectivity index (χ0n) is 8.95. The van der Waals surface area contributed by atoms with Gasteiger partial charge in [0.25, 0.3) is 0 Å². The number of halogens is 1. The lowest BCUT2D eigenvalue weighted by atomic mass is 10.5. The summed E-state index contributed by atoms with van der Waals surface area (Å²) in [5, 5.41) is 17.8. The monoisotopic (exact) mass is 280 g/mol. The number of sulfonamides is 1. The molecule has 1 rings (SSSR count). The van der Waals surface area contributed by atoms with Gasteiger partial charge in [0, 0.05) is 19.3 Å². The van der Waals surface area contributed by atoms with Gasteiger partial charge in [0.1, 0.15) is 10.0 Å². The molecule has 0 fully saturated rings. The first-order valence-electron chi connectivity index (χ1n) is 4.86. The summed E-state index contributed by atoms with van der Waals surface area (Å²) >= 11 is 5.56. The topological polar surface area (TPSA) is 90.7 Å². The van der Waals surface area contributed by atoms with Crippen LogP contribution in [0.3, 0.4) is 0 Å². The molecule has 0 aliphatic rings. The summed E-state index contributed by atoms with van der Waals surface area (Å²) in [6.45, 7) is -0.794. The second-order valence-electron chi connectivity index (χ2n) is 3.17. The second kappa shape index (κ2) is 6.27. The van der Waals surface area contributed by atoms with Crippen LogP contribution < -0.4 is 0 Å². The smallest absolute Gasteiger partial charge is 0.244 e. The molecule has 0 aromatic carbocycles. The molecule has 0 aliphatic heterocycles. The lowest BCUT2D eigenvalue weighted by molar-refractivity contribution is 0.217. The van der Waals surface area contributed by atoms with E-state index in [9.17, 15) is 8.42 Å². The lowest BCUT2D eigenvalue weighted by Gasteiger charge is -2.19. The Balaban J connectivity index is 3.02. The third-order valence-electron chi connectivity index (χ3n) is 2.04. The number of nitrogens with zero attached hydrogens (tertiary/aromatic N) is 2.